The highest BCUT2D eigenvalue weighted by atomic mass is 79.9. The summed E-state index contributed by atoms with van der Waals surface area (Å²) in [5.74, 6) is -0.454. The van der Waals surface area contributed by atoms with Gasteiger partial charge in [-0.05, 0) is 50.4 Å². The van der Waals surface area contributed by atoms with Gasteiger partial charge >= 0.3 is 5.97 Å². The molecule has 0 atom stereocenters. The van der Waals surface area contributed by atoms with Crippen LogP contribution in [0.1, 0.15) is 15.9 Å². The maximum Gasteiger partial charge on any atom is 0.340 e. The molecule has 1 aromatic heterocycles. The highest BCUT2D eigenvalue weighted by Gasteiger charge is 2.18. The van der Waals surface area contributed by atoms with Crippen LogP contribution >= 0.6 is 43.5 Å². The Morgan fingerprint density at radius 1 is 1.44 bits per heavy atom. The zero-order valence-electron chi connectivity index (χ0n) is 9.55. The fraction of sp³-hybridized carbons (Fsp3) is 0.167. The monoisotopic (exact) mass is 391 g/mol. The number of carbonyl (C=O) groups excluding carboxylic acids is 1. The van der Waals surface area contributed by atoms with E-state index in [9.17, 15) is 4.79 Å². The number of benzene rings is 1. The molecule has 0 saturated carbocycles. The number of methoxy groups -OCH3 is 1. The average molecular weight is 393 g/mol. The molecule has 0 aliphatic rings. The fourth-order valence-electron chi connectivity index (χ4n) is 1.64. The molecule has 18 heavy (non-hydrogen) atoms. The SMILES string of the molecule is COC(=O)c1cnc2c(Br)cc(C)c(Cl)c2c1Br. The van der Waals surface area contributed by atoms with E-state index in [1.807, 2.05) is 13.0 Å². The van der Waals surface area contributed by atoms with Crippen molar-refractivity contribution in [2.24, 2.45) is 0 Å². The molecule has 1 aromatic carbocycles. The molecule has 0 amide bonds. The number of fused-ring (bicyclic) bond motifs is 1. The number of hydrogen-bond acceptors (Lipinski definition) is 3. The smallest absolute Gasteiger partial charge is 0.340 e. The summed E-state index contributed by atoms with van der Waals surface area (Å²) in [6.07, 6.45) is 1.47. The Hall–Kier alpha value is -0.650. The van der Waals surface area contributed by atoms with Gasteiger partial charge in [-0.1, -0.05) is 11.6 Å². The van der Waals surface area contributed by atoms with E-state index in [4.69, 9.17) is 16.3 Å². The van der Waals surface area contributed by atoms with E-state index < -0.39 is 5.97 Å². The van der Waals surface area contributed by atoms with Crippen LogP contribution in [0.5, 0.6) is 0 Å². The summed E-state index contributed by atoms with van der Waals surface area (Å²) in [5, 5.41) is 1.27. The van der Waals surface area contributed by atoms with Crippen LogP contribution in [0.2, 0.25) is 5.02 Å². The van der Waals surface area contributed by atoms with Crippen LogP contribution < -0.4 is 0 Å². The van der Waals surface area contributed by atoms with Gasteiger partial charge in [0, 0.05) is 20.5 Å². The van der Waals surface area contributed by atoms with Crippen molar-refractivity contribution in [1.82, 2.24) is 4.98 Å². The first-order chi connectivity index (χ1) is 8.47. The Balaban J connectivity index is 2.89. The molecule has 0 aliphatic carbocycles. The number of pyridine rings is 1. The average Bonchev–Trinajstić information content (AvgIpc) is 2.35. The lowest BCUT2D eigenvalue weighted by molar-refractivity contribution is 0.0599. The summed E-state index contributed by atoms with van der Waals surface area (Å²) in [7, 11) is 1.33. The maximum absolute atomic E-state index is 11.6. The Morgan fingerprint density at radius 2 is 2.11 bits per heavy atom. The van der Waals surface area contributed by atoms with Crippen molar-refractivity contribution in [3.63, 3.8) is 0 Å². The minimum absolute atomic E-state index is 0.351. The lowest BCUT2D eigenvalue weighted by Gasteiger charge is -2.10. The summed E-state index contributed by atoms with van der Waals surface area (Å²) in [5.41, 5.74) is 1.95. The van der Waals surface area contributed by atoms with Crippen LogP contribution in [0, 0.1) is 6.92 Å². The van der Waals surface area contributed by atoms with E-state index in [1.165, 1.54) is 13.3 Å². The van der Waals surface area contributed by atoms with E-state index in [2.05, 4.69) is 36.8 Å². The molecule has 2 rings (SSSR count). The van der Waals surface area contributed by atoms with Gasteiger partial charge in [0.1, 0.15) is 0 Å². The minimum Gasteiger partial charge on any atom is -0.465 e. The molecule has 0 spiro atoms. The number of halogens is 3. The van der Waals surface area contributed by atoms with Gasteiger partial charge in [0.25, 0.3) is 0 Å². The van der Waals surface area contributed by atoms with Gasteiger partial charge in [-0.25, -0.2) is 4.79 Å². The lowest BCUT2D eigenvalue weighted by atomic mass is 10.1. The molecule has 1 heterocycles. The summed E-state index contributed by atoms with van der Waals surface area (Å²) in [6.45, 7) is 1.89. The van der Waals surface area contributed by atoms with Gasteiger partial charge in [0.2, 0.25) is 0 Å². The third-order valence-electron chi connectivity index (χ3n) is 2.56. The van der Waals surface area contributed by atoms with Crippen molar-refractivity contribution in [3.8, 4) is 0 Å². The van der Waals surface area contributed by atoms with Gasteiger partial charge in [-0.3, -0.25) is 4.98 Å². The number of ether oxygens (including phenoxy) is 1. The van der Waals surface area contributed by atoms with Crippen LogP contribution in [-0.4, -0.2) is 18.1 Å². The zero-order chi connectivity index (χ0) is 13.4. The predicted octanol–water partition coefficient (Wildman–Crippen LogP) is 4.51. The van der Waals surface area contributed by atoms with Gasteiger partial charge in [0.05, 0.1) is 23.2 Å². The molecular formula is C12H8Br2ClNO2. The molecule has 0 bridgehead atoms. The standard InChI is InChI=1S/C12H8Br2ClNO2/c1-5-3-7(13)11-8(10(5)15)9(14)6(4-16-11)12(17)18-2/h3-4H,1-2H3. The van der Waals surface area contributed by atoms with Crippen LogP contribution in [-0.2, 0) is 4.74 Å². The van der Waals surface area contributed by atoms with Crippen LogP contribution in [0.15, 0.2) is 21.2 Å². The third-order valence-corrected chi connectivity index (χ3v) is 4.47. The highest BCUT2D eigenvalue weighted by molar-refractivity contribution is 9.11. The third kappa shape index (κ3) is 2.15. The van der Waals surface area contributed by atoms with Gasteiger partial charge in [0.15, 0.2) is 0 Å². The summed E-state index contributed by atoms with van der Waals surface area (Å²) in [4.78, 5) is 15.9. The molecule has 0 fully saturated rings. The Labute approximate surface area is 126 Å². The van der Waals surface area contributed by atoms with E-state index in [-0.39, 0.29) is 0 Å². The second-order valence-electron chi connectivity index (χ2n) is 3.69. The molecule has 6 heteroatoms. The normalized spacial score (nSPS) is 10.7. The van der Waals surface area contributed by atoms with E-state index in [1.54, 1.807) is 0 Å². The van der Waals surface area contributed by atoms with Crippen molar-refractivity contribution in [2.75, 3.05) is 7.11 Å². The van der Waals surface area contributed by atoms with Gasteiger partial charge < -0.3 is 4.74 Å². The largest absolute Gasteiger partial charge is 0.465 e. The second-order valence-corrected chi connectivity index (χ2v) is 5.72. The maximum atomic E-state index is 11.6. The molecule has 3 nitrogen and oxygen atoms in total. The van der Waals surface area contributed by atoms with E-state index in [0.717, 1.165) is 10.0 Å². The van der Waals surface area contributed by atoms with Gasteiger partial charge in [-0.15, -0.1) is 0 Å². The van der Waals surface area contributed by atoms with Crippen molar-refractivity contribution in [1.29, 1.82) is 0 Å². The number of carbonyl (C=O) groups is 1. The summed E-state index contributed by atoms with van der Waals surface area (Å²) >= 11 is 13.1. The molecule has 0 saturated heterocycles. The predicted molar refractivity (Wildman–Crippen MR) is 78.2 cm³/mol. The Bertz CT molecular complexity index is 658. The van der Waals surface area contributed by atoms with Crippen LogP contribution in [0.3, 0.4) is 0 Å². The molecule has 0 unspecified atom stereocenters. The van der Waals surface area contributed by atoms with Gasteiger partial charge in [-0.2, -0.15) is 0 Å². The van der Waals surface area contributed by atoms with Crippen molar-refractivity contribution in [3.05, 3.63) is 37.4 Å². The van der Waals surface area contributed by atoms with Crippen molar-refractivity contribution in [2.45, 2.75) is 6.92 Å². The first kappa shape index (κ1) is 13.8. The first-order valence-corrected chi connectivity index (χ1v) is 6.95. The van der Waals surface area contributed by atoms with Crippen molar-refractivity contribution >= 4 is 60.3 Å². The molecule has 0 radical (unpaired) electrons. The number of hydrogen-bond donors (Lipinski definition) is 0. The summed E-state index contributed by atoms with van der Waals surface area (Å²) < 4.78 is 6.12. The lowest BCUT2D eigenvalue weighted by Crippen LogP contribution is -2.04. The van der Waals surface area contributed by atoms with Crippen molar-refractivity contribution < 1.29 is 9.53 Å². The molecule has 2 aromatic rings. The van der Waals surface area contributed by atoms with E-state index in [0.29, 0.717) is 26.0 Å². The first-order valence-electron chi connectivity index (χ1n) is 4.98. The second kappa shape index (κ2) is 5.15. The molecular weight excluding hydrogens is 385 g/mol. The number of rotatable bonds is 1. The quantitative estimate of drug-likeness (QED) is 0.670. The fourth-order valence-corrected chi connectivity index (χ4v) is 3.29. The number of aromatic nitrogens is 1. The Morgan fingerprint density at radius 3 is 2.72 bits per heavy atom. The van der Waals surface area contributed by atoms with Crippen LogP contribution in [0.4, 0.5) is 0 Å². The summed E-state index contributed by atoms with van der Waals surface area (Å²) in [6, 6.07) is 1.89. The molecule has 0 N–H and O–H groups in total. The Kier molecular flexibility index (Phi) is 3.94. The topological polar surface area (TPSA) is 39.2 Å². The number of aryl methyl sites for hydroxylation is 1. The molecule has 94 valence electrons. The number of esters is 1. The molecule has 0 aliphatic heterocycles. The number of nitrogens with zero attached hydrogens (tertiary/aromatic N) is 1. The zero-order valence-corrected chi connectivity index (χ0v) is 13.5. The van der Waals surface area contributed by atoms with Crippen LogP contribution in [0.25, 0.3) is 10.9 Å². The highest BCUT2D eigenvalue weighted by Crippen LogP contribution is 2.37. The minimum atomic E-state index is -0.454. The van der Waals surface area contributed by atoms with E-state index >= 15 is 0 Å².